The summed E-state index contributed by atoms with van der Waals surface area (Å²) >= 11 is 0. The molecule has 1 heterocycles. The second-order valence-electron chi connectivity index (χ2n) is 10.5. The van der Waals surface area contributed by atoms with Gasteiger partial charge in [0, 0.05) is 24.1 Å². The molecule has 0 bridgehead atoms. The number of allylic oxidation sites excluding steroid dienone is 2. The van der Waals surface area contributed by atoms with E-state index in [-0.39, 0.29) is 5.92 Å². The van der Waals surface area contributed by atoms with Crippen LogP contribution in [0.3, 0.4) is 0 Å². The van der Waals surface area contributed by atoms with Gasteiger partial charge in [0.05, 0.1) is 21.3 Å². The van der Waals surface area contributed by atoms with Gasteiger partial charge in [0.15, 0.2) is 0 Å². The molecule has 5 nitrogen and oxygen atoms in total. The van der Waals surface area contributed by atoms with Crippen molar-refractivity contribution in [1.29, 1.82) is 0 Å². The Morgan fingerprint density at radius 1 is 0.737 bits per heavy atom. The topological polar surface area (TPSA) is 40.2 Å². The number of fused-ring (bicyclic) bond motifs is 4. The number of nitrogens with zero attached hydrogens (tertiary/aromatic N) is 1. The highest BCUT2D eigenvalue weighted by atomic mass is 16.5. The number of piperidine rings is 1. The number of rotatable bonds is 8. The highest BCUT2D eigenvalue weighted by Gasteiger charge is 2.38. The smallest absolute Gasteiger partial charge is 0.127 e. The van der Waals surface area contributed by atoms with Gasteiger partial charge in [0.2, 0.25) is 0 Å². The summed E-state index contributed by atoms with van der Waals surface area (Å²) in [4.78, 5) is 2.51. The summed E-state index contributed by atoms with van der Waals surface area (Å²) in [5.74, 6) is 3.61. The monoisotopic (exact) mass is 511 g/mol. The van der Waals surface area contributed by atoms with E-state index in [0.717, 1.165) is 49.0 Å². The molecular formula is C33H37NO4. The first kappa shape index (κ1) is 24.9. The fourth-order valence-corrected chi connectivity index (χ4v) is 6.48. The Morgan fingerprint density at radius 2 is 1.50 bits per heavy atom. The first-order valence-electron chi connectivity index (χ1n) is 13.8. The van der Waals surface area contributed by atoms with Gasteiger partial charge in [-0.25, -0.2) is 0 Å². The molecule has 3 aromatic rings. The predicted molar refractivity (Wildman–Crippen MR) is 152 cm³/mol. The lowest BCUT2D eigenvalue weighted by Crippen LogP contribution is -2.33. The second kappa shape index (κ2) is 10.7. The van der Waals surface area contributed by atoms with Crippen molar-refractivity contribution >= 4 is 11.1 Å². The Kier molecular flexibility index (Phi) is 7.03. The van der Waals surface area contributed by atoms with Gasteiger partial charge in [-0.15, -0.1) is 0 Å². The summed E-state index contributed by atoms with van der Waals surface area (Å²) in [6.45, 7) is 4.11. The van der Waals surface area contributed by atoms with Crippen molar-refractivity contribution in [2.75, 3.05) is 47.6 Å². The largest absolute Gasteiger partial charge is 0.497 e. The van der Waals surface area contributed by atoms with Gasteiger partial charge in [0.1, 0.15) is 29.6 Å². The van der Waals surface area contributed by atoms with Crippen LogP contribution < -0.4 is 18.9 Å². The fraction of sp³-hybridized carbons (Fsp3) is 0.394. The molecule has 1 saturated heterocycles. The van der Waals surface area contributed by atoms with Gasteiger partial charge >= 0.3 is 0 Å². The molecule has 0 amide bonds. The summed E-state index contributed by atoms with van der Waals surface area (Å²) in [6, 6.07) is 19.4. The molecule has 3 aromatic carbocycles. The van der Waals surface area contributed by atoms with E-state index < -0.39 is 0 Å². The Morgan fingerprint density at radius 3 is 2.24 bits per heavy atom. The third-order valence-corrected chi connectivity index (χ3v) is 8.38. The highest BCUT2D eigenvalue weighted by Crippen LogP contribution is 2.57. The van der Waals surface area contributed by atoms with Crippen LogP contribution in [0.4, 0.5) is 0 Å². The van der Waals surface area contributed by atoms with Crippen LogP contribution in [0.5, 0.6) is 23.0 Å². The van der Waals surface area contributed by atoms with Crippen LogP contribution in [0.2, 0.25) is 0 Å². The van der Waals surface area contributed by atoms with Crippen LogP contribution in [-0.2, 0) is 6.42 Å². The number of likely N-dealkylation sites (tertiary alicyclic amines) is 1. The molecule has 1 atom stereocenters. The number of methoxy groups -OCH3 is 3. The molecule has 5 heteroatoms. The quantitative estimate of drug-likeness (QED) is 0.342. The zero-order chi connectivity index (χ0) is 26.1. The van der Waals surface area contributed by atoms with Gasteiger partial charge in [-0.05, 0) is 103 Å². The van der Waals surface area contributed by atoms with Crippen LogP contribution >= 0.6 is 0 Å². The van der Waals surface area contributed by atoms with E-state index in [1.165, 1.54) is 71.3 Å². The van der Waals surface area contributed by atoms with E-state index in [1.54, 1.807) is 21.3 Å². The summed E-state index contributed by atoms with van der Waals surface area (Å²) in [7, 11) is 5.20. The molecule has 38 heavy (non-hydrogen) atoms. The van der Waals surface area contributed by atoms with Gasteiger partial charge in [-0.3, -0.25) is 4.90 Å². The molecular weight excluding hydrogens is 474 g/mol. The Labute approximate surface area is 226 Å². The molecule has 0 N–H and O–H groups in total. The van der Waals surface area contributed by atoms with E-state index >= 15 is 0 Å². The van der Waals surface area contributed by atoms with E-state index in [1.807, 2.05) is 6.07 Å². The van der Waals surface area contributed by atoms with Crippen LogP contribution in [0.25, 0.3) is 11.1 Å². The highest BCUT2D eigenvalue weighted by molar-refractivity contribution is 6.04. The zero-order valence-corrected chi connectivity index (χ0v) is 22.7. The molecule has 1 unspecified atom stereocenters. The van der Waals surface area contributed by atoms with Gasteiger partial charge in [-0.2, -0.15) is 0 Å². The minimum atomic E-state index is 0.0794. The standard InChI is InChI=1S/C33H37NO4/c1-35-25-12-14-27-23(19-25)9-13-28-29-20-26(36-2)21-30(37-3)33(29)31(32(27)28)22-7-10-24(11-8-22)38-18-17-34-15-5-4-6-16-34/h7-8,10-12,14,19-21,31H,4-6,9,13,15-18H2,1-3H3. The second-order valence-corrected chi connectivity index (χ2v) is 10.5. The minimum Gasteiger partial charge on any atom is -0.497 e. The molecule has 0 spiro atoms. The predicted octanol–water partition coefficient (Wildman–Crippen LogP) is 6.58. The van der Waals surface area contributed by atoms with Gasteiger partial charge < -0.3 is 18.9 Å². The number of benzene rings is 3. The minimum absolute atomic E-state index is 0.0794. The van der Waals surface area contributed by atoms with Crippen molar-refractivity contribution in [2.45, 2.75) is 38.0 Å². The normalized spacial score (nSPS) is 18.4. The summed E-state index contributed by atoms with van der Waals surface area (Å²) in [5.41, 5.74) is 9.11. The Bertz CT molecular complexity index is 1340. The number of hydrogen-bond acceptors (Lipinski definition) is 5. The molecule has 1 aliphatic heterocycles. The van der Waals surface area contributed by atoms with Crippen molar-refractivity contribution < 1.29 is 18.9 Å². The molecule has 0 saturated carbocycles. The summed E-state index contributed by atoms with van der Waals surface area (Å²) < 4.78 is 23.3. The number of hydrogen-bond donors (Lipinski definition) is 0. The van der Waals surface area contributed by atoms with Crippen molar-refractivity contribution in [3.8, 4) is 23.0 Å². The molecule has 3 aliphatic rings. The lowest BCUT2D eigenvalue weighted by atomic mass is 9.79. The van der Waals surface area contributed by atoms with Crippen LogP contribution in [0.1, 0.15) is 59.4 Å². The maximum Gasteiger partial charge on any atom is 0.127 e. The lowest BCUT2D eigenvalue weighted by molar-refractivity contribution is 0.183. The molecule has 0 aromatic heterocycles. The first-order chi connectivity index (χ1) is 18.7. The maximum atomic E-state index is 6.15. The average molecular weight is 512 g/mol. The summed E-state index contributed by atoms with van der Waals surface area (Å²) in [6.07, 6.45) is 5.94. The number of aryl methyl sites for hydroxylation is 1. The van der Waals surface area contributed by atoms with Crippen LogP contribution in [0.15, 0.2) is 54.6 Å². The van der Waals surface area contributed by atoms with Crippen LogP contribution in [0, 0.1) is 0 Å². The lowest BCUT2D eigenvalue weighted by Gasteiger charge is -2.26. The Balaban J connectivity index is 1.35. The SMILES string of the molecule is COc1ccc2c(c1)CCC1=C2C(c2ccc(OCCN3CCCCC3)cc2)c2c(OC)cc(OC)cc21. The van der Waals surface area contributed by atoms with Gasteiger partial charge in [0.25, 0.3) is 0 Å². The third-order valence-electron chi connectivity index (χ3n) is 8.38. The van der Waals surface area contributed by atoms with E-state index in [9.17, 15) is 0 Å². The summed E-state index contributed by atoms with van der Waals surface area (Å²) in [5, 5.41) is 0. The van der Waals surface area contributed by atoms with Crippen molar-refractivity contribution in [1.82, 2.24) is 4.90 Å². The van der Waals surface area contributed by atoms with E-state index in [2.05, 4.69) is 53.4 Å². The van der Waals surface area contributed by atoms with E-state index in [4.69, 9.17) is 18.9 Å². The van der Waals surface area contributed by atoms with Crippen molar-refractivity contribution in [3.63, 3.8) is 0 Å². The van der Waals surface area contributed by atoms with Crippen molar-refractivity contribution in [3.05, 3.63) is 82.4 Å². The maximum absolute atomic E-state index is 6.15. The van der Waals surface area contributed by atoms with Crippen molar-refractivity contribution in [2.24, 2.45) is 0 Å². The molecule has 0 radical (unpaired) electrons. The Hall–Kier alpha value is -3.44. The zero-order valence-electron chi connectivity index (χ0n) is 22.7. The molecule has 1 fully saturated rings. The number of ether oxygens (including phenoxy) is 4. The average Bonchev–Trinajstić information content (AvgIpc) is 3.32. The molecule has 6 rings (SSSR count). The van der Waals surface area contributed by atoms with Gasteiger partial charge in [-0.1, -0.05) is 24.6 Å². The molecule has 2 aliphatic carbocycles. The fourth-order valence-electron chi connectivity index (χ4n) is 6.48. The third kappa shape index (κ3) is 4.54. The van der Waals surface area contributed by atoms with Crippen LogP contribution in [-0.4, -0.2) is 52.5 Å². The first-order valence-corrected chi connectivity index (χ1v) is 13.8. The molecule has 198 valence electrons. The van der Waals surface area contributed by atoms with E-state index in [0.29, 0.717) is 0 Å².